The molecule has 0 aromatic carbocycles. The van der Waals surface area contributed by atoms with E-state index >= 15 is 0 Å². The summed E-state index contributed by atoms with van der Waals surface area (Å²) >= 11 is 7.74. The maximum absolute atomic E-state index is 6.22. The van der Waals surface area contributed by atoms with Gasteiger partial charge in [-0.3, -0.25) is 4.90 Å². The first kappa shape index (κ1) is 14.8. The van der Waals surface area contributed by atoms with E-state index in [9.17, 15) is 0 Å². The van der Waals surface area contributed by atoms with Crippen molar-refractivity contribution in [3.63, 3.8) is 0 Å². The number of likely N-dealkylation sites (N-methyl/N-ethyl adjacent to an activating group) is 1. The zero-order valence-electron chi connectivity index (χ0n) is 12.3. The summed E-state index contributed by atoms with van der Waals surface area (Å²) in [5, 5.41) is 0. The number of hydrogen-bond acceptors (Lipinski definition) is 3. The first-order valence-electron chi connectivity index (χ1n) is 7.78. The summed E-state index contributed by atoms with van der Waals surface area (Å²) in [7, 11) is 2.25. The molecule has 0 amide bonds. The lowest BCUT2D eigenvalue weighted by atomic mass is 9.73. The highest BCUT2D eigenvalue weighted by Crippen LogP contribution is 2.48. The second-order valence-corrected chi connectivity index (χ2v) is 8.48. The standard InChI is InChI=1S/C16H25ClN2S/c1-19(10-14-6-7-15(17)20-14)16(11-18)8-2-3-13(9-16)12-4-5-12/h6-7,12-13H,2-5,8-11,18H2,1H3. The fourth-order valence-corrected chi connectivity index (χ4v) is 5.02. The normalized spacial score (nSPS) is 30.9. The Morgan fingerprint density at radius 2 is 2.15 bits per heavy atom. The van der Waals surface area contributed by atoms with Crippen LogP contribution in [0.15, 0.2) is 12.1 Å². The van der Waals surface area contributed by atoms with Gasteiger partial charge in [-0.05, 0) is 56.7 Å². The molecule has 0 bridgehead atoms. The highest BCUT2D eigenvalue weighted by atomic mass is 35.5. The van der Waals surface area contributed by atoms with Crippen LogP contribution in [0.2, 0.25) is 4.34 Å². The monoisotopic (exact) mass is 312 g/mol. The van der Waals surface area contributed by atoms with Crippen molar-refractivity contribution < 1.29 is 0 Å². The van der Waals surface area contributed by atoms with Gasteiger partial charge in [-0.25, -0.2) is 0 Å². The van der Waals surface area contributed by atoms with E-state index in [0.29, 0.717) is 0 Å². The number of rotatable bonds is 5. The molecule has 2 aliphatic rings. The predicted octanol–water partition coefficient (Wildman–Crippen LogP) is 4.13. The van der Waals surface area contributed by atoms with E-state index in [1.54, 1.807) is 11.3 Å². The molecule has 2 N–H and O–H groups in total. The Bertz CT molecular complexity index is 457. The molecule has 2 nitrogen and oxygen atoms in total. The fraction of sp³-hybridized carbons (Fsp3) is 0.750. The van der Waals surface area contributed by atoms with Gasteiger partial charge in [-0.1, -0.05) is 24.4 Å². The smallest absolute Gasteiger partial charge is 0.0931 e. The number of nitrogens with two attached hydrogens (primary N) is 1. The summed E-state index contributed by atoms with van der Waals surface area (Å²) < 4.78 is 0.884. The molecule has 1 heterocycles. The second kappa shape index (κ2) is 5.96. The summed E-state index contributed by atoms with van der Waals surface area (Å²) in [6, 6.07) is 4.15. The Kier molecular flexibility index (Phi) is 4.42. The topological polar surface area (TPSA) is 29.3 Å². The van der Waals surface area contributed by atoms with Gasteiger partial charge in [-0.2, -0.15) is 0 Å². The van der Waals surface area contributed by atoms with Gasteiger partial charge in [-0.15, -0.1) is 11.3 Å². The maximum Gasteiger partial charge on any atom is 0.0931 e. The third kappa shape index (κ3) is 3.06. The van der Waals surface area contributed by atoms with E-state index in [1.165, 1.54) is 43.4 Å². The zero-order chi connectivity index (χ0) is 14.2. The fourth-order valence-electron chi connectivity index (χ4n) is 3.88. The molecule has 0 aliphatic heterocycles. The lowest BCUT2D eigenvalue weighted by Gasteiger charge is -2.47. The maximum atomic E-state index is 6.22. The molecule has 2 aliphatic carbocycles. The molecule has 2 saturated carbocycles. The molecular weight excluding hydrogens is 288 g/mol. The highest BCUT2D eigenvalue weighted by Gasteiger charge is 2.43. The molecule has 20 heavy (non-hydrogen) atoms. The molecule has 1 aromatic rings. The van der Waals surface area contributed by atoms with E-state index < -0.39 is 0 Å². The van der Waals surface area contributed by atoms with Crippen molar-refractivity contribution >= 4 is 22.9 Å². The van der Waals surface area contributed by atoms with Gasteiger partial charge in [0.15, 0.2) is 0 Å². The molecule has 112 valence electrons. The Hall–Kier alpha value is -0.0900. The average Bonchev–Trinajstić information content (AvgIpc) is 3.23. The van der Waals surface area contributed by atoms with Crippen LogP contribution in [0.1, 0.15) is 43.4 Å². The molecule has 2 unspecified atom stereocenters. The van der Waals surface area contributed by atoms with Crippen molar-refractivity contribution in [2.75, 3.05) is 13.6 Å². The van der Waals surface area contributed by atoms with Gasteiger partial charge in [0, 0.05) is 23.5 Å². The van der Waals surface area contributed by atoms with E-state index in [2.05, 4.69) is 18.0 Å². The van der Waals surface area contributed by atoms with Crippen molar-refractivity contribution in [1.82, 2.24) is 4.90 Å². The SMILES string of the molecule is CN(Cc1ccc(Cl)s1)C1(CN)CCCC(C2CC2)C1. The van der Waals surface area contributed by atoms with Crippen LogP contribution in [0, 0.1) is 11.8 Å². The highest BCUT2D eigenvalue weighted by molar-refractivity contribution is 7.16. The van der Waals surface area contributed by atoms with Crippen molar-refractivity contribution in [2.24, 2.45) is 17.6 Å². The summed E-state index contributed by atoms with van der Waals surface area (Å²) in [5.41, 5.74) is 6.43. The van der Waals surface area contributed by atoms with E-state index in [1.807, 2.05) is 6.07 Å². The van der Waals surface area contributed by atoms with Crippen LogP contribution in [0.5, 0.6) is 0 Å². The zero-order valence-corrected chi connectivity index (χ0v) is 13.8. The predicted molar refractivity (Wildman–Crippen MR) is 87.3 cm³/mol. The first-order valence-corrected chi connectivity index (χ1v) is 8.98. The van der Waals surface area contributed by atoms with Gasteiger partial charge in [0.25, 0.3) is 0 Å². The van der Waals surface area contributed by atoms with Gasteiger partial charge in [0.2, 0.25) is 0 Å². The van der Waals surface area contributed by atoms with Gasteiger partial charge >= 0.3 is 0 Å². The lowest BCUT2D eigenvalue weighted by molar-refractivity contribution is 0.0466. The molecule has 0 radical (unpaired) electrons. The minimum absolute atomic E-state index is 0.210. The van der Waals surface area contributed by atoms with Crippen LogP contribution in [0.25, 0.3) is 0 Å². The van der Waals surface area contributed by atoms with Gasteiger partial charge in [0.05, 0.1) is 4.34 Å². The van der Waals surface area contributed by atoms with Crippen LogP contribution in [-0.4, -0.2) is 24.0 Å². The Morgan fingerprint density at radius 1 is 1.35 bits per heavy atom. The van der Waals surface area contributed by atoms with E-state index in [4.69, 9.17) is 17.3 Å². The molecule has 3 rings (SSSR count). The number of thiophene rings is 1. The summed E-state index contributed by atoms with van der Waals surface area (Å²) in [6.07, 6.45) is 8.22. The Morgan fingerprint density at radius 3 is 2.75 bits per heavy atom. The molecule has 4 heteroatoms. The first-order chi connectivity index (χ1) is 9.63. The van der Waals surface area contributed by atoms with Crippen molar-refractivity contribution in [1.29, 1.82) is 0 Å². The number of halogens is 1. The molecule has 0 saturated heterocycles. The van der Waals surface area contributed by atoms with Crippen LogP contribution < -0.4 is 5.73 Å². The Balaban J connectivity index is 1.69. The van der Waals surface area contributed by atoms with Crippen LogP contribution in [-0.2, 0) is 6.54 Å². The van der Waals surface area contributed by atoms with Crippen molar-refractivity contribution in [2.45, 2.75) is 50.6 Å². The summed E-state index contributed by atoms with van der Waals surface area (Å²) in [5.74, 6) is 1.92. The molecule has 0 spiro atoms. The Labute approximate surface area is 131 Å². The van der Waals surface area contributed by atoms with Gasteiger partial charge in [0.1, 0.15) is 0 Å². The summed E-state index contributed by atoms with van der Waals surface area (Å²) in [6.45, 7) is 1.76. The molecule has 2 atom stereocenters. The molecule has 2 fully saturated rings. The quantitative estimate of drug-likeness (QED) is 0.885. The third-order valence-electron chi connectivity index (χ3n) is 5.36. The van der Waals surface area contributed by atoms with Crippen LogP contribution in [0.4, 0.5) is 0 Å². The molecule has 1 aromatic heterocycles. The second-order valence-electron chi connectivity index (χ2n) is 6.68. The average molecular weight is 313 g/mol. The van der Waals surface area contributed by atoms with E-state index in [-0.39, 0.29) is 5.54 Å². The van der Waals surface area contributed by atoms with Crippen LogP contribution in [0.3, 0.4) is 0 Å². The summed E-state index contributed by atoms with van der Waals surface area (Å²) in [4.78, 5) is 3.85. The van der Waals surface area contributed by atoms with E-state index in [0.717, 1.165) is 29.3 Å². The van der Waals surface area contributed by atoms with Gasteiger partial charge < -0.3 is 5.73 Å². The lowest BCUT2D eigenvalue weighted by Crippen LogP contribution is -2.54. The van der Waals surface area contributed by atoms with Crippen LogP contribution >= 0.6 is 22.9 Å². The molecular formula is C16H25ClN2S. The largest absolute Gasteiger partial charge is 0.329 e. The minimum atomic E-state index is 0.210. The number of nitrogens with zero attached hydrogens (tertiary/aromatic N) is 1. The number of hydrogen-bond donors (Lipinski definition) is 1. The minimum Gasteiger partial charge on any atom is -0.329 e. The van der Waals surface area contributed by atoms with Crippen molar-refractivity contribution in [3.05, 3.63) is 21.3 Å². The van der Waals surface area contributed by atoms with Crippen molar-refractivity contribution in [3.8, 4) is 0 Å². The third-order valence-corrected chi connectivity index (χ3v) is 6.58.